The van der Waals surface area contributed by atoms with E-state index in [4.69, 9.17) is 4.74 Å². The summed E-state index contributed by atoms with van der Waals surface area (Å²) < 4.78 is 7.03. The van der Waals surface area contributed by atoms with Crippen molar-refractivity contribution in [1.82, 2.24) is 14.7 Å². The molecule has 24 heavy (non-hydrogen) atoms. The minimum absolute atomic E-state index is 0.206. The largest absolute Gasteiger partial charge is 0.497 e. The number of amides is 1. The second kappa shape index (κ2) is 7.38. The highest BCUT2D eigenvalue weighted by Gasteiger charge is 2.21. The first-order chi connectivity index (χ1) is 11.7. The lowest BCUT2D eigenvalue weighted by atomic mass is 10.2. The van der Waals surface area contributed by atoms with Crippen LogP contribution in [0.25, 0.3) is 0 Å². The SMILES string of the molecule is COc1ccc(N2CCN(C(=O)CCn3ccc(C)n3)CC2)cc1. The maximum atomic E-state index is 12.4. The van der Waals surface area contributed by atoms with E-state index < -0.39 is 0 Å². The van der Waals surface area contributed by atoms with Gasteiger partial charge in [-0.2, -0.15) is 5.10 Å². The Kier molecular flexibility index (Phi) is 5.03. The number of piperazine rings is 1. The zero-order valence-corrected chi connectivity index (χ0v) is 14.3. The van der Waals surface area contributed by atoms with Gasteiger partial charge in [0.15, 0.2) is 0 Å². The van der Waals surface area contributed by atoms with Gasteiger partial charge >= 0.3 is 0 Å². The van der Waals surface area contributed by atoms with E-state index in [-0.39, 0.29) is 5.91 Å². The van der Waals surface area contributed by atoms with E-state index in [1.165, 1.54) is 5.69 Å². The average molecular weight is 328 g/mol. The molecule has 0 N–H and O–H groups in total. The third-order valence-electron chi connectivity index (χ3n) is 4.40. The highest BCUT2D eigenvalue weighted by Crippen LogP contribution is 2.20. The van der Waals surface area contributed by atoms with E-state index in [1.54, 1.807) is 7.11 Å². The Labute approximate surface area is 142 Å². The molecule has 1 aliphatic rings. The number of carbonyl (C=O) groups excluding carboxylic acids is 1. The highest BCUT2D eigenvalue weighted by molar-refractivity contribution is 5.76. The molecule has 3 rings (SSSR count). The van der Waals surface area contributed by atoms with Crippen molar-refractivity contribution in [3.63, 3.8) is 0 Å². The Morgan fingerprint density at radius 2 is 1.83 bits per heavy atom. The number of anilines is 1. The van der Waals surface area contributed by atoms with Crippen LogP contribution < -0.4 is 9.64 Å². The smallest absolute Gasteiger partial charge is 0.224 e. The van der Waals surface area contributed by atoms with Crippen molar-refractivity contribution in [3.05, 3.63) is 42.2 Å². The van der Waals surface area contributed by atoms with E-state index in [9.17, 15) is 4.79 Å². The number of nitrogens with zero attached hydrogens (tertiary/aromatic N) is 4. The Bertz CT molecular complexity index is 673. The number of ether oxygens (including phenoxy) is 1. The van der Waals surface area contributed by atoms with Crippen LogP contribution in [0.3, 0.4) is 0 Å². The van der Waals surface area contributed by atoms with Gasteiger partial charge in [0.05, 0.1) is 12.8 Å². The van der Waals surface area contributed by atoms with Crippen molar-refractivity contribution >= 4 is 11.6 Å². The van der Waals surface area contributed by atoms with Crippen LogP contribution in [-0.4, -0.2) is 53.9 Å². The second-order valence-electron chi connectivity index (χ2n) is 6.04. The fourth-order valence-electron chi connectivity index (χ4n) is 2.96. The fourth-order valence-corrected chi connectivity index (χ4v) is 2.96. The van der Waals surface area contributed by atoms with Gasteiger partial charge < -0.3 is 14.5 Å². The molecule has 0 atom stereocenters. The van der Waals surface area contributed by atoms with Crippen molar-refractivity contribution in [3.8, 4) is 5.75 Å². The monoisotopic (exact) mass is 328 g/mol. The molecule has 1 saturated heterocycles. The number of aryl methyl sites for hydroxylation is 2. The molecule has 2 heterocycles. The van der Waals surface area contributed by atoms with Gasteiger partial charge in [0.2, 0.25) is 5.91 Å². The quantitative estimate of drug-likeness (QED) is 0.842. The number of benzene rings is 1. The average Bonchev–Trinajstić information content (AvgIpc) is 3.05. The van der Waals surface area contributed by atoms with Gasteiger partial charge in [-0.1, -0.05) is 0 Å². The molecular formula is C18H24N4O2. The molecule has 1 aromatic carbocycles. The van der Waals surface area contributed by atoms with Crippen molar-refractivity contribution in [2.45, 2.75) is 19.9 Å². The number of carbonyl (C=O) groups is 1. The number of hydrogen-bond acceptors (Lipinski definition) is 4. The molecule has 0 radical (unpaired) electrons. The van der Waals surface area contributed by atoms with Gasteiger partial charge in [-0.25, -0.2) is 0 Å². The summed E-state index contributed by atoms with van der Waals surface area (Å²) in [5.74, 6) is 1.07. The van der Waals surface area contributed by atoms with Crippen LogP contribution in [0, 0.1) is 6.92 Å². The van der Waals surface area contributed by atoms with Gasteiger partial charge in [-0.15, -0.1) is 0 Å². The van der Waals surface area contributed by atoms with Crippen LogP contribution in [0.2, 0.25) is 0 Å². The lowest BCUT2D eigenvalue weighted by molar-refractivity contribution is -0.131. The summed E-state index contributed by atoms with van der Waals surface area (Å²) in [4.78, 5) is 16.6. The number of aromatic nitrogens is 2. The molecular weight excluding hydrogens is 304 g/mol. The molecule has 1 amide bonds. The molecule has 0 bridgehead atoms. The van der Waals surface area contributed by atoms with E-state index in [1.807, 2.05) is 40.9 Å². The fraction of sp³-hybridized carbons (Fsp3) is 0.444. The topological polar surface area (TPSA) is 50.6 Å². The van der Waals surface area contributed by atoms with Crippen LogP contribution in [0.1, 0.15) is 12.1 Å². The Balaban J connectivity index is 1.47. The van der Waals surface area contributed by atoms with E-state index in [0.717, 1.165) is 37.6 Å². The molecule has 128 valence electrons. The third kappa shape index (κ3) is 3.88. The van der Waals surface area contributed by atoms with Crippen molar-refractivity contribution in [1.29, 1.82) is 0 Å². The molecule has 6 heteroatoms. The lowest BCUT2D eigenvalue weighted by Crippen LogP contribution is -2.48. The first kappa shape index (κ1) is 16.4. The number of methoxy groups -OCH3 is 1. The van der Waals surface area contributed by atoms with Crippen molar-refractivity contribution < 1.29 is 9.53 Å². The molecule has 6 nitrogen and oxygen atoms in total. The van der Waals surface area contributed by atoms with E-state index >= 15 is 0 Å². The summed E-state index contributed by atoms with van der Waals surface area (Å²) in [6.45, 7) is 5.85. The van der Waals surface area contributed by atoms with Crippen LogP contribution in [-0.2, 0) is 11.3 Å². The van der Waals surface area contributed by atoms with Gasteiger partial charge in [0.1, 0.15) is 5.75 Å². The highest BCUT2D eigenvalue weighted by atomic mass is 16.5. The van der Waals surface area contributed by atoms with E-state index in [2.05, 4.69) is 22.1 Å². The van der Waals surface area contributed by atoms with Crippen LogP contribution in [0.5, 0.6) is 5.75 Å². The maximum Gasteiger partial charge on any atom is 0.224 e. The molecule has 0 saturated carbocycles. The predicted octanol–water partition coefficient (Wildman–Crippen LogP) is 1.94. The molecule has 0 unspecified atom stereocenters. The zero-order valence-electron chi connectivity index (χ0n) is 14.3. The van der Waals surface area contributed by atoms with Crippen LogP contribution in [0.4, 0.5) is 5.69 Å². The van der Waals surface area contributed by atoms with Gasteiger partial charge in [-0.3, -0.25) is 9.48 Å². The Morgan fingerprint density at radius 3 is 2.42 bits per heavy atom. The Morgan fingerprint density at radius 1 is 1.12 bits per heavy atom. The first-order valence-corrected chi connectivity index (χ1v) is 8.32. The minimum atomic E-state index is 0.206. The zero-order chi connectivity index (χ0) is 16.9. The van der Waals surface area contributed by atoms with Crippen molar-refractivity contribution in [2.75, 3.05) is 38.2 Å². The maximum absolute atomic E-state index is 12.4. The Hall–Kier alpha value is -2.50. The molecule has 2 aromatic rings. The normalized spacial score (nSPS) is 14.8. The predicted molar refractivity (Wildman–Crippen MR) is 93.4 cm³/mol. The first-order valence-electron chi connectivity index (χ1n) is 8.32. The summed E-state index contributed by atoms with van der Waals surface area (Å²) in [5, 5.41) is 4.32. The summed E-state index contributed by atoms with van der Waals surface area (Å²) in [5.41, 5.74) is 2.16. The van der Waals surface area contributed by atoms with Gasteiger partial charge in [0.25, 0.3) is 0 Å². The number of rotatable bonds is 5. The van der Waals surface area contributed by atoms with Gasteiger partial charge in [-0.05, 0) is 37.3 Å². The molecule has 1 fully saturated rings. The van der Waals surface area contributed by atoms with E-state index in [0.29, 0.717) is 13.0 Å². The molecule has 0 spiro atoms. The molecule has 1 aliphatic heterocycles. The van der Waals surface area contributed by atoms with Crippen molar-refractivity contribution in [2.24, 2.45) is 0 Å². The third-order valence-corrected chi connectivity index (χ3v) is 4.40. The summed E-state index contributed by atoms with van der Waals surface area (Å²) in [6.07, 6.45) is 2.42. The lowest BCUT2D eigenvalue weighted by Gasteiger charge is -2.36. The van der Waals surface area contributed by atoms with Crippen LogP contribution in [0.15, 0.2) is 36.5 Å². The molecule has 1 aromatic heterocycles. The van der Waals surface area contributed by atoms with Crippen LogP contribution >= 0.6 is 0 Å². The number of hydrogen-bond donors (Lipinski definition) is 0. The summed E-state index contributed by atoms with van der Waals surface area (Å²) in [6, 6.07) is 10.0. The summed E-state index contributed by atoms with van der Waals surface area (Å²) in [7, 11) is 1.67. The second-order valence-corrected chi connectivity index (χ2v) is 6.04. The minimum Gasteiger partial charge on any atom is -0.497 e. The van der Waals surface area contributed by atoms with Gasteiger partial charge in [0, 0.05) is 51.0 Å². The molecule has 0 aliphatic carbocycles. The standard InChI is InChI=1S/C18H24N4O2/c1-15-7-9-22(19-15)10-8-18(23)21-13-11-20(12-14-21)16-3-5-17(24-2)6-4-16/h3-7,9H,8,10-14H2,1-2H3. The summed E-state index contributed by atoms with van der Waals surface area (Å²) >= 11 is 0.